The summed E-state index contributed by atoms with van der Waals surface area (Å²) in [5.74, 6) is 2.48. The molecule has 2 fully saturated rings. The van der Waals surface area contributed by atoms with Gasteiger partial charge >= 0.3 is 0 Å². The number of aromatic nitrogens is 2. The van der Waals surface area contributed by atoms with Gasteiger partial charge in [0.25, 0.3) is 0 Å². The topological polar surface area (TPSA) is 72.9 Å². The molecule has 2 atom stereocenters. The van der Waals surface area contributed by atoms with Crippen LogP contribution in [0, 0.1) is 23.7 Å². The number of nitrogens with two attached hydrogens (primary N) is 1. The highest BCUT2D eigenvalue weighted by molar-refractivity contribution is 5.91. The van der Waals surface area contributed by atoms with Gasteiger partial charge in [0.05, 0.1) is 0 Å². The zero-order valence-corrected chi connectivity index (χ0v) is 14.9. The Kier molecular flexibility index (Phi) is 6.09. The molecule has 6 heteroatoms. The summed E-state index contributed by atoms with van der Waals surface area (Å²) in [5.41, 5.74) is 6.31. The van der Waals surface area contributed by atoms with E-state index in [4.69, 9.17) is 5.73 Å². The van der Waals surface area contributed by atoms with Gasteiger partial charge in [-0.2, -0.15) is 0 Å². The van der Waals surface area contributed by atoms with E-state index < -0.39 is 0 Å². The SMILES string of the molecule is CC(C)Cn1ccnc1NC(=O)C1CC2CCCC(C1)C2N.Cl. The molecule has 0 aliphatic heterocycles. The number of anilines is 1. The highest BCUT2D eigenvalue weighted by Gasteiger charge is 2.40. The quantitative estimate of drug-likeness (QED) is 0.884. The number of imidazole rings is 1. The Bertz CT molecular complexity index is 516. The minimum Gasteiger partial charge on any atom is -0.327 e. The first-order valence-electron chi connectivity index (χ1n) is 8.62. The highest BCUT2D eigenvalue weighted by atomic mass is 35.5. The molecule has 3 rings (SSSR count). The fourth-order valence-corrected chi connectivity index (χ4v) is 4.19. The Labute approximate surface area is 144 Å². The van der Waals surface area contributed by atoms with Gasteiger partial charge in [-0.25, -0.2) is 4.98 Å². The molecule has 2 aliphatic carbocycles. The molecule has 5 nitrogen and oxygen atoms in total. The maximum Gasteiger partial charge on any atom is 0.229 e. The van der Waals surface area contributed by atoms with Gasteiger partial charge < -0.3 is 10.3 Å². The average Bonchev–Trinajstić information content (AvgIpc) is 2.84. The van der Waals surface area contributed by atoms with Crippen molar-refractivity contribution in [3.63, 3.8) is 0 Å². The first-order chi connectivity index (χ1) is 10.5. The van der Waals surface area contributed by atoms with Crippen LogP contribution in [-0.2, 0) is 11.3 Å². The maximum absolute atomic E-state index is 12.6. The van der Waals surface area contributed by atoms with Crippen molar-refractivity contribution in [2.75, 3.05) is 5.32 Å². The molecule has 2 unspecified atom stereocenters. The van der Waals surface area contributed by atoms with E-state index in [2.05, 4.69) is 24.1 Å². The van der Waals surface area contributed by atoms with Gasteiger partial charge in [0.2, 0.25) is 11.9 Å². The summed E-state index contributed by atoms with van der Waals surface area (Å²) in [6.07, 6.45) is 9.20. The van der Waals surface area contributed by atoms with Gasteiger partial charge in [-0.1, -0.05) is 20.3 Å². The monoisotopic (exact) mass is 340 g/mol. The number of nitrogens with zero attached hydrogens (tertiary/aromatic N) is 2. The molecule has 0 saturated heterocycles. The zero-order chi connectivity index (χ0) is 15.7. The predicted molar refractivity (Wildman–Crippen MR) is 94.5 cm³/mol. The third-order valence-electron chi connectivity index (χ3n) is 5.30. The van der Waals surface area contributed by atoms with E-state index in [0.29, 0.717) is 29.7 Å². The van der Waals surface area contributed by atoms with Crippen molar-refractivity contribution in [3.05, 3.63) is 12.4 Å². The number of halogens is 1. The summed E-state index contributed by atoms with van der Waals surface area (Å²) in [4.78, 5) is 16.9. The molecule has 0 spiro atoms. The Hall–Kier alpha value is -1.07. The van der Waals surface area contributed by atoms with Crippen LogP contribution in [0.2, 0.25) is 0 Å². The lowest BCUT2D eigenvalue weighted by Gasteiger charge is -2.43. The molecule has 1 amide bonds. The van der Waals surface area contributed by atoms with Crippen LogP contribution in [0.1, 0.15) is 46.0 Å². The minimum atomic E-state index is 0. The fourth-order valence-electron chi connectivity index (χ4n) is 4.19. The van der Waals surface area contributed by atoms with E-state index in [1.807, 2.05) is 10.8 Å². The van der Waals surface area contributed by atoms with Crippen molar-refractivity contribution in [1.29, 1.82) is 0 Å². The summed E-state index contributed by atoms with van der Waals surface area (Å²) in [6.45, 7) is 5.20. The van der Waals surface area contributed by atoms with Crippen LogP contribution < -0.4 is 11.1 Å². The molecular formula is C17H29ClN4O. The van der Waals surface area contributed by atoms with Crippen molar-refractivity contribution in [1.82, 2.24) is 9.55 Å². The molecule has 0 aromatic carbocycles. The van der Waals surface area contributed by atoms with Gasteiger partial charge in [-0.15, -0.1) is 12.4 Å². The molecular weight excluding hydrogens is 312 g/mol. The zero-order valence-electron chi connectivity index (χ0n) is 14.1. The molecule has 2 aliphatic rings. The molecule has 2 saturated carbocycles. The first-order valence-corrected chi connectivity index (χ1v) is 8.62. The number of rotatable bonds is 4. The minimum absolute atomic E-state index is 0. The number of hydrogen-bond acceptors (Lipinski definition) is 3. The molecule has 2 bridgehead atoms. The van der Waals surface area contributed by atoms with Gasteiger partial charge in [-0.05, 0) is 43.4 Å². The lowest BCUT2D eigenvalue weighted by Crippen LogP contribution is -2.48. The first kappa shape index (κ1) is 18.3. The number of carbonyl (C=O) groups is 1. The largest absolute Gasteiger partial charge is 0.327 e. The Morgan fingerprint density at radius 2 is 2.04 bits per heavy atom. The number of fused-ring (bicyclic) bond motifs is 2. The number of amides is 1. The van der Waals surface area contributed by atoms with E-state index in [9.17, 15) is 4.79 Å². The second-order valence-electron chi connectivity index (χ2n) is 7.48. The summed E-state index contributed by atoms with van der Waals surface area (Å²) in [6, 6.07) is 0.306. The van der Waals surface area contributed by atoms with E-state index >= 15 is 0 Å². The highest BCUT2D eigenvalue weighted by Crippen LogP contribution is 2.42. The Morgan fingerprint density at radius 3 is 2.65 bits per heavy atom. The molecule has 1 aromatic rings. The van der Waals surface area contributed by atoms with E-state index in [0.717, 1.165) is 19.4 Å². The van der Waals surface area contributed by atoms with Crippen LogP contribution in [-0.4, -0.2) is 21.5 Å². The number of nitrogens with one attached hydrogen (secondary N) is 1. The molecule has 3 N–H and O–H groups in total. The maximum atomic E-state index is 12.6. The smallest absolute Gasteiger partial charge is 0.229 e. The normalized spacial score (nSPS) is 29.9. The Morgan fingerprint density at radius 1 is 1.39 bits per heavy atom. The van der Waals surface area contributed by atoms with Gasteiger partial charge in [0.1, 0.15) is 0 Å². The number of hydrogen-bond donors (Lipinski definition) is 2. The van der Waals surface area contributed by atoms with Crippen molar-refractivity contribution in [3.8, 4) is 0 Å². The molecule has 1 heterocycles. The summed E-state index contributed by atoms with van der Waals surface area (Å²) >= 11 is 0. The van der Waals surface area contributed by atoms with Crippen molar-refractivity contribution in [2.45, 2.75) is 58.5 Å². The van der Waals surface area contributed by atoms with Crippen LogP contribution in [0.15, 0.2) is 12.4 Å². The third-order valence-corrected chi connectivity index (χ3v) is 5.30. The molecule has 0 radical (unpaired) electrons. The van der Waals surface area contributed by atoms with Gasteiger partial charge in [-0.3, -0.25) is 10.1 Å². The standard InChI is InChI=1S/C17H28N4O.ClH/c1-11(2)10-21-7-6-19-17(21)20-16(22)14-8-12-4-3-5-13(9-14)15(12)18;/h6-7,11-15H,3-5,8-10,18H2,1-2H3,(H,19,20,22);1H. The summed E-state index contributed by atoms with van der Waals surface area (Å²) in [7, 11) is 0. The average molecular weight is 341 g/mol. The van der Waals surface area contributed by atoms with Crippen molar-refractivity contribution < 1.29 is 4.79 Å². The van der Waals surface area contributed by atoms with Crippen molar-refractivity contribution >= 4 is 24.3 Å². The summed E-state index contributed by atoms with van der Waals surface area (Å²) in [5, 5.41) is 3.04. The van der Waals surface area contributed by atoms with Gasteiger partial charge in [0.15, 0.2) is 0 Å². The second-order valence-corrected chi connectivity index (χ2v) is 7.48. The van der Waals surface area contributed by atoms with E-state index in [-0.39, 0.29) is 24.2 Å². The van der Waals surface area contributed by atoms with Crippen LogP contribution in [0.25, 0.3) is 0 Å². The molecule has 23 heavy (non-hydrogen) atoms. The van der Waals surface area contributed by atoms with Crippen LogP contribution >= 0.6 is 12.4 Å². The molecule has 1 aromatic heterocycles. The Balaban J connectivity index is 0.00000192. The lowest BCUT2D eigenvalue weighted by molar-refractivity contribution is -0.122. The second kappa shape index (κ2) is 7.67. The van der Waals surface area contributed by atoms with Crippen molar-refractivity contribution in [2.24, 2.45) is 29.4 Å². The van der Waals surface area contributed by atoms with Crippen LogP contribution in [0.3, 0.4) is 0 Å². The number of carbonyl (C=O) groups excluding carboxylic acids is 1. The van der Waals surface area contributed by atoms with E-state index in [1.54, 1.807) is 6.20 Å². The summed E-state index contributed by atoms with van der Waals surface area (Å²) < 4.78 is 2.03. The van der Waals surface area contributed by atoms with Crippen LogP contribution in [0.4, 0.5) is 5.95 Å². The third kappa shape index (κ3) is 4.07. The predicted octanol–water partition coefficient (Wildman–Crippen LogP) is 3.05. The van der Waals surface area contributed by atoms with Gasteiger partial charge in [0, 0.05) is 30.9 Å². The van der Waals surface area contributed by atoms with Crippen LogP contribution in [0.5, 0.6) is 0 Å². The lowest BCUT2D eigenvalue weighted by atomic mass is 9.65. The fraction of sp³-hybridized carbons (Fsp3) is 0.765. The van der Waals surface area contributed by atoms with E-state index in [1.165, 1.54) is 19.3 Å². The molecule has 130 valence electrons.